The molecule has 5 nitrogen and oxygen atoms in total. The van der Waals surface area contributed by atoms with E-state index in [0.717, 1.165) is 6.42 Å². The van der Waals surface area contributed by atoms with Gasteiger partial charge in [0.05, 0.1) is 0 Å². The summed E-state index contributed by atoms with van der Waals surface area (Å²) in [5.41, 5.74) is 9.26. The van der Waals surface area contributed by atoms with Crippen molar-refractivity contribution in [2.45, 2.75) is 32.4 Å². The normalized spacial score (nSPS) is 13.8. The minimum atomic E-state index is -1.82. The second kappa shape index (κ2) is 4.34. The standard InChI is InChI=1S/C8H17N3O2/c1-3-4-6(5(2)9)8(10,11)7(12)13/h6,9H,3-4,10-11H2,1-2H3,(H,12,13). The van der Waals surface area contributed by atoms with E-state index >= 15 is 0 Å². The monoisotopic (exact) mass is 187 g/mol. The predicted molar refractivity (Wildman–Crippen MR) is 50.5 cm³/mol. The average Bonchev–Trinajstić information content (AvgIpc) is 1.98. The first kappa shape index (κ1) is 12.1. The van der Waals surface area contributed by atoms with E-state index in [-0.39, 0.29) is 5.71 Å². The summed E-state index contributed by atoms with van der Waals surface area (Å²) in [5.74, 6) is -1.85. The van der Waals surface area contributed by atoms with Gasteiger partial charge in [0.1, 0.15) is 0 Å². The largest absolute Gasteiger partial charge is 0.479 e. The van der Waals surface area contributed by atoms with Crippen LogP contribution in [0.25, 0.3) is 0 Å². The maximum absolute atomic E-state index is 10.7. The van der Waals surface area contributed by atoms with Crippen LogP contribution in [0.4, 0.5) is 0 Å². The molecule has 0 aliphatic heterocycles. The molecule has 0 amide bonds. The van der Waals surface area contributed by atoms with Crippen LogP contribution in [0.3, 0.4) is 0 Å². The minimum Gasteiger partial charge on any atom is -0.479 e. The molecule has 0 spiro atoms. The number of rotatable bonds is 5. The number of nitrogens with two attached hydrogens (primary N) is 2. The summed E-state index contributed by atoms with van der Waals surface area (Å²) in [7, 11) is 0. The lowest BCUT2D eigenvalue weighted by molar-refractivity contribution is -0.144. The molecule has 6 N–H and O–H groups in total. The van der Waals surface area contributed by atoms with Crippen molar-refractivity contribution in [2.24, 2.45) is 17.4 Å². The molecule has 1 atom stereocenters. The van der Waals surface area contributed by atoms with Crippen LogP contribution in [0.15, 0.2) is 0 Å². The van der Waals surface area contributed by atoms with Gasteiger partial charge in [-0.3, -0.25) is 0 Å². The highest BCUT2D eigenvalue weighted by atomic mass is 16.4. The highest BCUT2D eigenvalue weighted by molar-refractivity contribution is 5.90. The zero-order valence-corrected chi connectivity index (χ0v) is 8.00. The lowest BCUT2D eigenvalue weighted by Crippen LogP contribution is -2.63. The van der Waals surface area contributed by atoms with Gasteiger partial charge in [-0.15, -0.1) is 0 Å². The van der Waals surface area contributed by atoms with Crippen LogP contribution in [0.2, 0.25) is 0 Å². The number of carbonyl (C=O) groups is 1. The molecule has 0 heterocycles. The Morgan fingerprint density at radius 1 is 1.62 bits per heavy atom. The van der Waals surface area contributed by atoms with E-state index in [2.05, 4.69) is 0 Å². The molecule has 0 fully saturated rings. The second-order valence-corrected chi connectivity index (χ2v) is 3.26. The van der Waals surface area contributed by atoms with E-state index in [1.807, 2.05) is 6.92 Å². The average molecular weight is 187 g/mol. The first-order chi connectivity index (χ1) is 5.84. The van der Waals surface area contributed by atoms with Gasteiger partial charge in [0, 0.05) is 11.6 Å². The molecule has 0 aliphatic rings. The number of hydrogen-bond acceptors (Lipinski definition) is 4. The van der Waals surface area contributed by atoms with Crippen LogP contribution in [-0.4, -0.2) is 22.5 Å². The number of aliphatic carboxylic acids is 1. The summed E-state index contributed by atoms with van der Waals surface area (Å²) in [6.45, 7) is 3.42. The van der Waals surface area contributed by atoms with E-state index < -0.39 is 17.6 Å². The van der Waals surface area contributed by atoms with Crippen molar-refractivity contribution in [3.05, 3.63) is 0 Å². The molecule has 76 valence electrons. The number of nitrogens with one attached hydrogen (secondary N) is 1. The van der Waals surface area contributed by atoms with Gasteiger partial charge < -0.3 is 22.0 Å². The Labute approximate surface area is 77.6 Å². The van der Waals surface area contributed by atoms with Crippen molar-refractivity contribution in [3.63, 3.8) is 0 Å². The first-order valence-corrected chi connectivity index (χ1v) is 4.20. The molecule has 0 aromatic heterocycles. The first-order valence-electron chi connectivity index (χ1n) is 4.20. The van der Waals surface area contributed by atoms with Crippen LogP contribution < -0.4 is 11.5 Å². The fraction of sp³-hybridized carbons (Fsp3) is 0.750. The third-order valence-corrected chi connectivity index (χ3v) is 2.05. The summed E-state index contributed by atoms with van der Waals surface area (Å²) in [6.07, 6.45) is 1.28. The summed E-state index contributed by atoms with van der Waals surface area (Å²) in [4.78, 5) is 10.7. The van der Waals surface area contributed by atoms with Gasteiger partial charge in [0.2, 0.25) is 0 Å². The molecule has 0 aromatic rings. The van der Waals surface area contributed by atoms with Crippen molar-refractivity contribution in [2.75, 3.05) is 0 Å². The highest BCUT2D eigenvalue weighted by Gasteiger charge is 2.39. The molecule has 13 heavy (non-hydrogen) atoms. The fourth-order valence-corrected chi connectivity index (χ4v) is 1.25. The molecule has 0 saturated carbocycles. The smallest absolute Gasteiger partial charge is 0.339 e. The Kier molecular flexibility index (Phi) is 4.03. The van der Waals surface area contributed by atoms with E-state index in [4.69, 9.17) is 22.0 Å². The molecule has 0 aliphatic carbocycles. The lowest BCUT2D eigenvalue weighted by Gasteiger charge is -2.29. The second-order valence-electron chi connectivity index (χ2n) is 3.26. The third-order valence-electron chi connectivity index (χ3n) is 2.05. The van der Waals surface area contributed by atoms with Gasteiger partial charge in [-0.05, 0) is 13.3 Å². The van der Waals surface area contributed by atoms with Crippen LogP contribution in [-0.2, 0) is 4.79 Å². The molecular weight excluding hydrogens is 170 g/mol. The Morgan fingerprint density at radius 3 is 2.31 bits per heavy atom. The highest BCUT2D eigenvalue weighted by Crippen LogP contribution is 2.17. The Balaban J connectivity index is 4.71. The summed E-state index contributed by atoms with van der Waals surface area (Å²) in [5, 5.41) is 16.1. The van der Waals surface area contributed by atoms with Gasteiger partial charge >= 0.3 is 5.97 Å². The van der Waals surface area contributed by atoms with E-state index in [0.29, 0.717) is 6.42 Å². The van der Waals surface area contributed by atoms with Gasteiger partial charge in [-0.1, -0.05) is 13.3 Å². The van der Waals surface area contributed by atoms with Crippen LogP contribution in [0.5, 0.6) is 0 Å². The topological polar surface area (TPSA) is 113 Å². The lowest BCUT2D eigenvalue weighted by atomic mass is 9.86. The van der Waals surface area contributed by atoms with E-state index in [1.54, 1.807) is 0 Å². The quantitative estimate of drug-likeness (QED) is 0.362. The zero-order chi connectivity index (χ0) is 10.6. The predicted octanol–water partition coefficient (Wildman–Crippen LogP) is 0.141. The Morgan fingerprint density at radius 2 is 2.08 bits per heavy atom. The molecule has 1 unspecified atom stereocenters. The molecular formula is C8H17N3O2. The van der Waals surface area contributed by atoms with Gasteiger partial charge in [0.15, 0.2) is 5.66 Å². The molecule has 5 heteroatoms. The summed E-state index contributed by atoms with van der Waals surface area (Å²) >= 11 is 0. The zero-order valence-electron chi connectivity index (χ0n) is 8.00. The van der Waals surface area contributed by atoms with Crippen LogP contribution in [0, 0.1) is 11.3 Å². The maximum atomic E-state index is 10.7. The van der Waals surface area contributed by atoms with Gasteiger partial charge in [0.25, 0.3) is 0 Å². The molecule has 0 bridgehead atoms. The number of hydrogen-bond donors (Lipinski definition) is 4. The number of carboxylic acid groups (broad SMARTS) is 1. The summed E-state index contributed by atoms with van der Waals surface area (Å²) < 4.78 is 0. The maximum Gasteiger partial charge on any atom is 0.339 e. The summed E-state index contributed by atoms with van der Waals surface area (Å²) in [6, 6.07) is 0. The third kappa shape index (κ3) is 2.78. The van der Waals surface area contributed by atoms with Crippen molar-refractivity contribution >= 4 is 11.7 Å². The van der Waals surface area contributed by atoms with Crippen molar-refractivity contribution < 1.29 is 9.90 Å². The fourth-order valence-electron chi connectivity index (χ4n) is 1.25. The van der Waals surface area contributed by atoms with E-state index in [1.165, 1.54) is 6.92 Å². The molecule has 0 aromatic carbocycles. The van der Waals surface area contributed by atoms with Gasteiger partial charge in [-0.2, -0.15) is 0 Å². The number of carboxylic acids is 1. The van der Waals surface area contributed by atoms with Crippen molar-refractivity contribution in [1.82, 2.24) is 0 Å². The Bertz CT molecular complexity index is 213. The molecule has 0 rings (SSSR count). The van der Waals surface area contributed by atoms with Gasteiger partial charge in [-0.25, -0.2) is 4.79 Å². The minimum absolute atomic E-state index is 0.217. The molecule has 0 radical (unpaired) electrons. The Hall–Kier alpha value is -0.940. The van der Waals surface area contributed by atoms with E-state index in [9.17, 15) is 4.79 Å². The SMILES string of the molecule is CCCC(C(C)=N)C(N)(N)C(=O)O. The van der Waals surface area contributed by atoms with Crippen molar-refractivity contribution in [1.29, 1.82) is 5.41 Å². The van der Waals surface area contributed by atoms with Crippen molar-refractivity contribution in [3.8, 4) is 0 Å². The van der Waals surface area contributed by atoms with Crippen LogP contribution >= 0.6 is 0 Å². The van der Waals surface area contributed by atoms with Crippen LogP contribution in [0.1, 0.15) is 26.7 Å². The molecule has 0 saturated heterocycles.